The predicted molar refractivity (Wildman–Crippen MR) is 75.8 cm³/mol. The van der Waals surface area contributed by atoms with E-state index in [4.69, 9.17) is 5.73 Å². The molecule has 21 heavy (non-hydrogen) atoms. The van der Waals surface area contributed by atoms with Crippen LogP contribution in [0.2, 0.25) is 0 Å². The summed E-state index contributed by atoms with van der Waals surface area (Å²) in [7, 11) is 0. The molecule has 0 unspecified atom stereocenters. The second kappa shape index (κ2) is 7.45. The lowest BCUT2D eigenvalue weighted by Gasteiger charge is -2.35. The maximum atomic E-state index is 12.3. The zero-order valence-corrected chi connectivity index (χ0v) is 12.9. The monoisotopic (exact) mass is 309 g/mol. The third kappa shape index (κ3) is 7.13. The Balaban J connectivity index is 2.32. The highest BCUT2D eigenvalue weighted by molar-refractivity contribution is 5.76. The number of rotatable bonds is 6. The summed E-state index contributed by atoms with van der Waals surface area (Å²) in [6.07, 6.45) is -2.11. The lowest BCUT2D eigenvalue weighted by Crippen LogP contribution is -2.51. The lowest BCUT2D eigenvalue weighted by molar-refractivity contribution is -0.151. The van der Waals surface area contributed by atoms with E-state index >= 15 is 0 Å². The van der Waals surface area contributed by atoms with Crippen molar-refractivity contribution in [2.75, 3.05) is 39.3 Å². The zero-order chi connectivity index (χ0) is 16.1. The molecule has 0 aromatic heterocycles. The molecule has 7 heteroatoms. The third-order valence-corrected chi connectivity index (χ3v) is 3.96. The van der Waals surface area contributed by atoms with Crippen LogP contribution in [0.1, 0.15) is 33.1 Å². The Morgan fingerprint density at radius 2 is 1.67 bits per heavy atom. The van der Waals surface area contributed by atoms with Crippen LogP contribution < -0.4 is 5.73 Å². The van der Waals surface area contributed by atoms with Crippen LogP contribution in [0.5, 0.6) is 0 Å². The van der Waals surface area contributed by atoms with Gasteiger partial charge in [0.05, 0.1) is 6.54 Å². The molecule has 2 N–H and O–H groups in total. The van der Waals surface area contributed by atoms with Gasteiger partial charge in [0.25, 0.3) is 0 Å². The topological polar surface area (TPSA) is 49.6 Å². The number of carbonyl (C=O) groups excluding carboxylic acids is 1. The molecule has 0 radical (unpaired) electrons. The first-order valence-corrected chi connectivity index (χ1v) is 7.40. The highest BCUT2D eigenvalue weighted by Gasteiger charge is 2.33. The van der Waals surface area contributed by atoms with Crippen molar-refractivity contribution < 1.29 is 18.0 Å². The second-order valence-corrected chi connectivity index (χ2v) is 6.48. The van der Waals surface area contributed by atoms with Gasteiger partial charge in [0.1, 0.15) is 0 Å². The minimum absolute atomic E-state index is 0.0303. The van der Waals surface area contributed by atoms with Gasteiger partial charge in [-0.25, -0.2) is 0 Å². The van der Waals surface area contributed by atoms with Crippen LogP contribution in [0.3, 0.4) is 0 Å². The van der Waals surface area contributed by atoms with Gasteiger partial charge in [0.2, 0.25) is 5.91 Å². The minimum Gasteiger partial charge on any atom is -0.340 e. The van der Waals surface area contributed by atoms with Gasteiger partial charge in [0.15, 0.2) is 0 Å². The Hall–Kier alpha value is -0.820. The molecule has 0 atom stereocenters. The van der Waals surface area contributed by atoms with Gasteiger partial charge in [-0.15, -0.1) is 0 Å². The normalized spacial score (nSPS) is 18.1. The highest BCUT2D eigenvalue weighted by Crippen LogP contribution is 2.26. The molecule has 0 bridgehead atoms. The molecule has 0 aromatic rings. The fourth-order valence-corrected chi connectivity index (χ4v) is 2.53. The third-order valence-electron chi connectivity index (χ3n) is 3.96. The second-order valence-electron chi connectivity index (χ2n) is 6.48. The van der Waals surface area contributed by atoms with E-state index in [9.17, 15) is 18.0 Å². The number of hydrogen-bond donors (Lipinski definition) is 1. The first-order chi connectivity index (χ1) is 9.63. The van der Waals surface area contributed by atoms with Gasteiger partial charge in [-0.1, -0.05) is 13.8 Å². The van der Waals surface area contributed by atoms with Crippen molar-refractivity contribution in [1.82, 2.24) is 9.80 Å². The summed E-state index contributed by atoms with van der Waals surface area (Å²) in [5, 5.41) is 0. The molecule has 0 saturated carbocycles. The fraction of sp³-hybridized carbons (Fsp3) is 0.929. The van der Waals surface area contributed by atoms with Crippen LogP contribution in [-0.4, -0.2) is 61.2 Å². The number of nitrogens with two attached hydrogens (primary N) is 1. The first kappa shape index (κ1) is 18.2. The molecule has 124 valence electrons. The van der Waals surface area contributed by atoms with Crippen molar-refractivity contribution in [2.24, 2.45) is 11.1 Å². The molecular formula is C14H26F3N3O. The average molecular weight is 309 g/mol. The Morgan fingerprint density at radius 1 is 1.10 bits per heavy atom. The summed E-state index contributed by atoms with van der Waals surface area (Å²) < 4.78 is 36.9. The number of amides is 1. The van der Waals surface area contributed by atoms with Crippen molar-refractivity contribution in [3.05, 3.63) is 0 Å². The number of piperazine rings is 1. The smallest absolute Gasteiger partial charge is 0.340 e. The molecule has 1 heterocycles. The fourth-order valence-electron chi connectivity index (χ4n) is 2.53. The van der Waals surface area contributed by atoms with Gasteiger partial charge < -0.3 is 10.6 Å². The Bertz CT molecular complexity index is 337. The van der Waals surface area contributed by atoms with Crippen LogP contribution >= 0.6 is 0 Å². The molecule has 1 aliphatic rings. The Morgan fingerprint density at radius 3 is 2.14 bits per heavy atom. The molecule has 1 fully saturated rings. The van der Waals surface area contributed by atoms with E-state index in [-0.39, 0.29) is 24.4 Å². The van der Waals surface area contributed by atoms with E-state index in [1.165, 1.54) is 4.90 Å². The molecule has 0 spiro atoms. The maximum absolute atomic E-state index is 12.3. The quantitative estimate of drug-likeness (QED) is 0.814. The van der Waals surface area contributed by atoms with Crippen LogP contribution in [0.25, 0.3) is 0 Å². The molecule has 0 aliphatic carbocycles. The molecule has 4 nitrogen and oxygen atoms in total. The van der Waals surface area contributed by atoms with Gasteiger partial charge >= 0.3 is 6.18 Å². The van der Waals surface area contributed by atoms with E-state index in [0.29, 0.717) is 26.1 Å². The molecule has 1 aliphatic heterocycles. The zero-order valence-electron chi connectivity index (χ0n) is 12.9. The number of nitrogens with zero attached hydrogens (tertiary/aromatic N) is 2. The predicted octanol–water partition coefficient (Wildman–Crippen LogP) is 1.85. The minimum atomic E-state index is -4.17. The van der Waals surface area contributed by atoms with Crippen LogP contribution in [0.4, 0.5) is 13.2 Å². The van der Waals surface area contributed by atoms with E-state index in [1.807, 2.05) is 0 Å². The SMILES string of the molecule is CC(C)(CCN)CCC(=O)N1CCN(CC(F)(F)F)CC1. The summed E-state index contributed by atoms with van der Waals surface area (Å²) in [5.74, 6) is 0.0340. The number of hydrogen-bond acceptors (Lipinski definition) is 3. The number of alkyl halides is 3. The molecular weight excluding hydrogens is 283 g/mol. The number of carbonyl (C=O) groups is 1. The molecule has 0 aromatic carbocycles. The summed E-state index contributed by atoms with van der Waals surface area (Å²) >= 11 is 0. The van der Waals surface area contributed by atoms with Gasteiger partial charge in [0, 0.05) is 32.6 Å². The molecule has 1 amide bonds. The largest absolute Gasteiger partial charge is 0.401 e. The standard InChI is InChI=1S/C14H26F3N3O/c1-13(2,5-6-18)4-3-12(21)20-9-7-19(8-10-20)11-14(15,16)17/h3-11,18H2,1-2H3. The lowest BCUT2D eigenvalue weighted by atomic mass is 9.84. The van der Waals surface area contributed by atoms with Crippen LogP contribution in [0, 0.1) is 5.41 Å². The van der Waals surface area contributed by atoms with Crippen LogP contribution in [-0.2, 0) is 4.79 Å². The van der Waals surface area contributed by atoms with Crippen molar-refractivity contribution in [1.29, 1.82) is 0 Å². The van der Waals surface area contributed by atoms with Gasteiger partial charge in [-0.3, -0.25) is 9.69 Å². The summed E-state index contributed by atoms with van der Waals surface area (Å²) in [4.78, 5) is 15.1. The van der Waals surface area contributed by atoms with Crippen molar-refractivity contribution >= 4 is 5.91 Å². The molecule has 1 rings (SSSR count). The van der Waals surface area contributed by atoms with Crippen LogP contribution in [0.15, 0.2) is 0 Å². The van der Waals surface area contributed by atoms with E-state index < -0.39 is 12.7 Å². The van der Waals surface area contributed by atoms with Crippen molar-refractivity contribution in [3.63, 3.8) is 0 Å². The van der Waals surface area contributed by atoms with Crippen molar-refractivity contribution in [2.45, 2.75) is 39.3 Å². The summed E-state index contributed by atoms with van der Waals surface area (Å²) in [6, 6.07) is 0. The van der Waals surface area contributed by atoms with E-state index in [2.05, 4.69) is 13.8 Å². The Kier molecular flexibility index (Phi) is 6.46. The van der Waals surface area contributed by atoms with E-state index in [1.54, 1.807) is 4.90 Å². The van der Waals surface area contributed by atoms with Crippen molar-refractivity contribution in [3.8, 4) is 0 Å². The van der Waals surface area contributed by atoms with E-state index in [0.717, 1.165) is 12.8 Å². The summed E-state index contributed by atoms with van der Waals surface area (Å²) in [5.41, 5.74) is 5.57. The van der Waals surface area contributed by atoms with Gasteiger partial charge in [-0.05, 0) is 24.8 Å². The summed E-state index contributed by atoms with van der Waals surface area (Å²) in [6.45, 7) is 5.20. The first-order valence-electron chi connectivity index (χ1n) is 7.40. The number of halogens is 3. The average Bonchev–Trinajstić information content (AvgIpc) is 2.35. The highest BCUT2D eigenvalue weighted by atomic mass is 19.4. The maximum Gasteiger partial charge on any atom is 0.401 e. The molecule has 1 saturated heterocycles. The van der Waals surface area contributed by atoms with Gasteiger partial charge in [-0.2, -0.15) is 13.2 Å². The Labute approximate surface area is 124 Å².